The smallest absolute Gasteiger partial charge is 0.122 e. The lowest BCUT2D eigenvalue weighted by Crippen LogP contribution is -2.34. The fourth-order valence-electron chi connectivity index (χ4n) is 4.03. The molecule has 0 aromatic carbocycles. The van der Waals surface area contributed by atoms with Gasteiger partial charge < -0.3 is 9.73 Å². The molecule has 1 aromatic rings. The van der Waals surface area contributed by atoms with Crippen LogP contribution >= 0.6 is 0 Å². The summed E-state index contributed by atoms with van der Waals surface area (Å²) in [5.74, 6) is 2.13. The zero-order chi connectivity index (χ0) is 13.8. The second-order valence-corrected chi connectivity index (χ2v) is 6.37. The van der Waals surface area contributed by atoms with Gasteiger partial charge in [-0.05, 0) is 50.8 Å². The molecule has 1 atom stereocenters. The van der Waals surface area contributed by atoms with Gasteiger partial charge in [-0.1, -0.05) is 19.8 Å². The summed E-state index contributed by atoms with van der Waals surface area (Å²) in [6.07, 6.45) is 10.4. The van der Waals surface area contributed by atoms with Crippen LogP contribution in [0, 0.1) is 5.92 Å². The molecule has 1 aromatic heterocycles. The number of nitrogens with zero attached hydrogens (tertiary/aromatic N) is 1. The number of furan rings is 1. The highest BCUT2D eigenvalue weighted by molar-refractivity contribution is 5.17. The highest BCUT2D eigenvalue weighted by Gasteiger charge is 2.33. The highest BCUT2D eigenvalue weighted by Crippen LogP contribution is 2.36. The summed E-state index contributed by atoms with van der Waals surface area (Å²) >= 11 is 0. The van der Waals surface area contributed by atoms with Crippen molar-refractivity contribution in [1.29, 1.82) is 0 Å². The average Bonchev–Trinajstić information content (AvgIpc) is 3.18. The van der Waals surface area contributed by atoms with Crippen molar-refractivity contribution in [2.24, 2.45) is 5.92 Å². The molecular weight excluding hydrogens is 248 g/mol. The molecule has 1 unspecified atom stereocenters. The van der Waals surface area contributed by atoms with E-state index in [-0.39, 0.29) is 0 Å². The topological polar surface area (TPSA) is 28.4 Å². The Balaban J connectivity index is 1.62. The summed E-state index contributed by atoms with van der Waals surface area (Å²) in [5.41, 5.74) is 1.34. The van der Waals surface area contributed by atoms with Gasteiger partial charge in [0.05, 0.1) is 12.8 Å². The molecule has 0 radical (unpaired) electrons. The molecule has 3 heteroatoms. The van der Waals surface area contributed by atoms with Crippen LogP contribution in [-0.4, -0.2) is 24.0 Å². The monoisotopic (exact) mass is 276 g/mol. The molecular formula is C17H28N2O. The van der Waals surface area contributed by atoms with Gasteiger partial charge in [-0.2, -0.15) is 0 Å². The minimum Gasteiger partial charge on any atom is -0.468 e. The number of hydrogen-bond donors (Lipinski definition) is 1. The van der Waals surface area contributed by atoms with E-state index in [0.29, 0.717) is 0 Å². The molecule has 0 bridgehead atoms. The molecule has 1 aliphatic heterocycles. The molecule has 2 aliphatic rings. The molecule has 112 valence electrons. The second-order valence-electron chi connectivity index (χ2n) is 6.37. The fourth-order valence-corrected chi connectivity index (χ4v) is 4.03. The fraction of sp³-hybridized carbons (Fsp3) is 0.765. The first-order chi connectivity index (χ1) is 9.88. The van der Waals surface area contributed by atoms with Gasteiger partial charge in [-0.25, -0.2) is 0 Å². The van der Waals surface area contributed by atoms with Gasteiger partial charge in [-0.3, -0.25) is 4.90 Å². The largest absolute Gasteiger partial charge is 0.468 e. The van der Waals surface area contributed by atoms with E-state index in [2.05, 4.69) is 23.2 Å². The Morgan fingerprint density at radius 2 is 2.10 bits per heavy atom. The van der Waals surface area contributed by atoms with Crippen molar-refractivity contribution in [2.75, 3.05) is 13.1 Å². The van der Waals surface area contributed by atoms with Gasteiger partial charge in [0.25, 0.3) is 0 Å². The molecule has 2 fully saturated rings. The zero-order valence-corrected chi connectivity index (χ0v) is 12.7. The lowest BCUT2D eigenvalue weighted by Gasteiger charge is -2.28. The van der Waals surface area contributed by atoms with Crippen molar-refractivity contribution in [2.45, 2.75) is 64.6 Å². The Morgan fingerprint density at radius 3 is 2.90 bits per heavy atom. The van der Waals surface area contributed by atoms with Crippen molar-refractivity contribution >= 4 is 0 Å². The van der Waals surface area contributed by atoms with Crippen LogP contribution in [0.1, 0.15) is 56.8 Å². The van der Waals surface area contributed by atoms with Gasteiger partial charge >= 0.3 is 0 Å². The molecule has 3 nitrogen and oxygen atoms in total. The lowest BCUT2D eigenvalue weighted by molar-refractivity contribution is 0.170. The van der Waals surface area contributed by atoms with Crippen LogP contribution in [0.5, 0.6) is 0 Å². The summed E-state index contributed by atoms with van der Waals surface area (Å²) in [5, 5.41) is 3.40. The van der Waals surface area contributed by atoms with E-state index in [1.165, 1.54) is 56.4 Å². The average molecular weight is 276 g/mol. The molecule has 1 saturated carbocycles. The molecule has 0 amide bonds. The van der Waals surface area contributed by atoms with Gasteiger partial charge in [-0.15, -0.1) is 0 Å². The van der Waals surface area contributed by atoms with Crippen LogP contribution in [0.4, 0.5) is 0 Å². The van der Waals surface area contributed by atoms with Crippen molar-refractivity contribution in [3.05, 3.63) is 23.7 Å². The molecule has 1 saturated heterocycles. The summed E-state index contributed by atoms with van der Waals surface area (Å²) in [4.78, 5) is 2.68. The van der Waals surface area contributed by atoms with E-state index >= 15 is 0 Å². The molecule has 2 heterocycles. The predicted octanol–water partition coefficient (Wildman–Crippen LogP) is 3.54. The first-order valence-electron chi connectivity index (χ1n) is 8.38. The standard InChI is InChI=1S/C17H28N2O/c1-2-18-12-15-9-11-20-17(15)13-19-10-5-8-16(19)14-6-3-4-7-14/h9,11,14,16,18H,2-8,10,12-13H2,1H3. The maximum Gasteiger partial charge on any atom is 0.122 e. The molecule has 1 aliphatic carbocycles. The lowest BCUT2D eigenvalue weighted by atomic mass is 9.96. The number of nitrogens with one attached hydrogen (secondary N) is 1. The second kappa shape index (κ2) is 6.77. The number of rotatable bonds is 6. The van der Waals surface area contributed by atoms with Crippen LogP contribution < -0.4 is 5.32 Å². The Bertz CT molecular complexity index is 409. The summed E-state index contributed by atoms with van der Waals surface area (Å²) in [6, 6.07) is 2.94. The van der Waals surface area contributed by atoms with Gasteiger partial charge in [0, 0.05) is 18.2 Å². The van der Waals surface area contributed by atoms with Gasteiger partial charge in [0.1, 0.15) is 5.76 Å². The number of likely N-dealkylation sites (tertiary alicyclic amines) is 1. The van der Waals surface area contributed by atoms with Crippen LogP contribution in [0.25, 0.3) is 0 Å². The third kappa shape index (κ3) is 3.09. The number of hydrogen-bond acceptors (Lipinski definition) is 3. The van der Waals surface area contributed by atoms with Crippen LogP contribution in [0.2, 0.25) is 0 Å². The van der Waals surface area contributed by atoms with E-state index in [0.717, 1.165) is 31.6 Å². The van der Waals surface area contributed by atoms with Crippen LogP contribution in [0.3, 0.4) is 0 Å². The van der Waals surface area contributed by atoms with Crippen LogP contribution in [-0.2, 0) is 13.1 Å². The maximum atomic E-state index is 5.75. The third-order valence-corrected chi connectivity index (χ3v) is 5.11. The normalized spacial score (nSPS) is 24.8. The van der Waals surface area contributed by atoms with E-state index in [1.54, 1.807) is 0 Å². The third-order valence-electron chi connectivity index (χ3n) is 5.11. The van der Waals surface area contributed by atoms with Crippen molar-refractivity contribution in [3.63, 3.8) is 0 Å². The van der Waals surface area contributed by atoms with E-state index in [4.69, 9.17) is 4.42 Å². The van der Waals surface area contributed by atoms with Gasteiger partial charge in [0.2, 0.25) is 0 Å². The molecule has 20 heavy (non-hydrogen) atoms. The molecule has 0 spiro atoms. The Hall–Kier alpha value is -0.800. The minimum atomic E-state index is 0.814. The van der Waals surface area contributed by atoms with E-state index in [1.807, 2.05) is 6.26 Å². The summed E-state index contributed by atoms with van der Waals surface area (Å²) < 4.78 is 5.75. The summed E-state index contributed by atoms with van der Waals surface area (Å²) in [7, 11) is 0. The maximum absolute atomic E-state index is 5.75. The Labute approximate surface area is 122 Å². The predicted molar refractivity (Wildman–Crippen MR) is 81.5 cm³/mol. The molecule has 1 N–H and O–H groups in total. The zero-order valence-electron chi connectivity index (χ0n) is 12.7. The SMILES string of the molecule is CCNCc1ccoc1CN1CCCC1C1CCCC1. The highest BCUT2D eigenvalue weighted by atomic mass is 16.3. The van der Waals surface area contributed by atoms with Crippen molar-refractivity contribution in [1.82, 2.24) is 10.2 Å². The summed E-state index contributed by atoms with van der Waals surface area (Å²) in [6.45, 7) is 6.36. The first kappa shape index (κ1) is 14.2. The molecule has 3 rings (SSSR count). The van der Waals surface area contributed by atoms with E-state index in [9.17, 15) is 0 Å². The Morgan fingerprint density at radius 1 is 1.25 bits per heavy atom. The first-order valence-corrected chi connectivity index (χ1v) is 8.38. The van der Waals surface area contributed by atoms with Gasteiger partial charge in [0.15, 0.2) is 0 Å². The van der Waals surface area contributed by atoms with E-state index < -0.39 is 0 Å². The minimum absolute atomic E-state index is 0.814. The Kier molecular flexibility index (Phi) is 4.79. The van der Waals surface area contributed by atoms with Crippen molar-refractivity contribution in [3.8, 4) is 0 Å². The van der Waals surface area contributed by atoms with Crippen LogP contribution in [0.15, 0.2) is 16.7 Å². The van der Waals surface area contributed by atoms with Crippen molar-refractivity contribution < 1.29 is 4.42 Å². The quantitative estimate of drug-likeness (QED) is 0.861.